The van der Waals surface area contributed by atoms with Crippen LogP contribution in [0.5, 0.6) is 0 Å². The second-order valence-corrected chi connectivity index (χ2v) is 10.7. The van der Waals surface area contributed by atoms with Gasteiger partial charge in [0, 0.05) is 11.3 Å². The Kier molecular flexibility index (Phi) is 5.04. The van der Waals surface area contributed by atoms with Crippen LogP contribution in [0.3, 0.4) is 0 Å². The Bertz CT molecular complexity index is 1130. The molecule has 1 atom stereocenters. The first-order valence-electron chi connectivity index (χ1n) is 8.07. The highest BCUT2D eigenvalue weighted by molar-refractivity contribution is 7.96. The maximum absolute atomic E-state index is 12.7. The van der Waals surface area contributed by atoms with Gasteiger partial charge < -0.3 is 5.32 Å². The molecule has 9 heteroatoms. The fourth-order valence-corrected chi connectivity index (χ4v) is 7.25. The summed E-state index contributed by atoms with van der Waals surface area (Å²) in [7, 11) is -7.18. The molecule has 1 amide bonds. The van der Waals surface area contributed by atoms with Crippen LogP contribution in [-0.4, -0.2) is 39.5 Å². The summed E-state index contributed by atoms with van der Waals surface area (Å²) >= 11 is 0. The zero-order chi connectivity index (χ0) is 19.7. The minimum Gasteiger partial charge on any atom is -0.322 e. The van der Waals surface area contributed by atoms with E-state index in [1.807, 2.05) is 6.07 Å². The molecule has 0 aromatic heterocycles. The maximum atomic E-state index is 12.7. The lowest BCUT2D eigenvalue weighted by atomic mass is 10.2. The molecule has 0 aliphatic carbocycles. The molecule has 0 bridgehead atoms. The topological polar surface area (TPSA) is 121 Å². The molecule has 0 unspecified atom stereocenters. The quantitative estimate of drug-likeness (QED) is 0.829. The standard InChI is InChI=1S/C18H16N2O5S2/c19-11-13-4-6-15(7-5-13)20-18(21)14-2-1-3-16(10-14)27(24,25)17-8-9-26(22,23)12-17/h1-7,10,17H,8-9,12H2,(H,20,21)/t17-/m1/s1. The highest BCUT2D eigenvalue weighted by Gasteiger charge is 2.38. The van der Waals surface area contributed by atoms with Crippen LogP contribution < -0.4 is 5.32 Å². The minimum absolute atomic E-state index is 0.0618. The number of carbonyl (C=O) groups excluding carboxylic acids is 1. The molecule has 27 heavy (non-hydrogen) atoms. The summed E-state index contributed by atoms with van der Waals surface area (Å²) in [6.07, 6.45) is 0.0618. The van der Waals surface area contributed by atoms with Gasteiger partial charge in [0.15, 0.2) is 19.7 Å². The smallest absolute Gasteiger partial charge is 0.255 e. The first-order valence-corrected chi connectivity index (χ1v) is 11.4. The summed E-state index contributed by atoms with van der Waals surface area (Å²) in [6, 6.07) is 13.8. The number of carbonyl (C=O) groups is 1. The van der Waals surface area contributed by atoms with E-state index in [-0.39, 0.29) is 22.6 Å². The van der Waals surface area contributed by atoms with Gasteiger partial charge in [-0.3, -0.25) is 4.79 Å². The average molecular weight is 404 g/mol. The fraction of sp³-hybridized carbons (Fsp3) is 0.222. The average Bonchev–Trinajstić information content (AvgIpc) is 3.03. The van der Waals surface area contributed by atoms with Crippen molar-refractivity contribution in [2.45, 2.75) is 16.6 Å². The van der Waals surface area contributed by atoms with E-state index in [0.29, 0.717) is 11.3 Å². The van der Waals surface area contributed by atoms with Gasteiger partial charge in [-0.05, 0) is 48.9 Å². The molecule has 0 saturated carbocycles. The SMILES string of the molecule is N#Cc1ccc(NC(=O)c2cccc(S(=O)(=O)[C@@H]3CCS(=O)(=O)C3)c2)cc1. The van der Waals surface area contributed by atoms with Gasteiger partial charge in [0.25, 0.3) is 5.91 Å². The van der Waals surface area contributed by atoms with Gasteiger partial charge in [0.05, 0.1) is 33.3 Å². The monoisotopic (exact) mass is 404 g/mol. The number of nitrogens with zero attached hydrogens (tertiary/aromatic N) is 1. The number of anilines is 1. The van der Waals surface area contributed by atoms with Crippen LogP contribution in [0.15, 0.2) is 53.4 Å². The van der Waals surface area contributed by atoms with E-state index in [0.717, 1.165) is 0 Å². The first kappa shape index (κ1) is 19.1. The third-order valence-corrected chi connectivity index (χ3v) is 8.50. The molecule has 140 valence electrons. The van der Waals surface area contributed by atoms with Crippen molar-refractivity contribution in [2.75, 3.05) is 16.8 Å². The lowest BCUT2D eigenvalue weighted by Crippen LogP contribution is -2.23. The molecule has 7 nitrogen and oxygen atoms in total. The number of benzene rings is 2. The van der Waals surface area contributed by atoms with E-state index in [9.17, 15) is 21.6 Å². The van der Waals surface area contributed by atoms with Gasteiger partial charge >= 0.3 is 0 Å². The molecule has 1 heterocycles. The van der Waals surface area contributed by atoms with Gasteiger partial charge in [-0.1, -0.05) is 6.07 Å². The number of rotatable bonds is 4. The maximum Gasteiger partial charge on any atom is 0.255 e. The van der Waals surface area contributed by atoms with E-state index in [1.54, 1.807) is 24.3 Å². The van der Waals surface area contributed by atoms with Crippen LogP contribution in [0.1, 0.15) is 22.3 Å². The van der Waals surface area contributed by atoms with Crippen molar-refractivity contribution < 1.29 is 21.6 Å². The number of nitriles is 1. The number of sulfone groups is 2. The third-order valence-electron chi connectivity index (χ3n) is 4.33. The summed E-state index contributed by atoms with van der Waals surface area (Å²) < 4.78 is 48.6. The van der Waals surface area contributed by atoms with E-state index in [2.05, 4.69) is 5.32 Å². The molecule has 1 aliphatic rings. The Morgan fingerprint density at radius 2 is 1.85 bits per heavy atom. The molecule has 1 saturated heterocycles. The third kappa shape index (κ3) is 4.18. The summed E-state index contributed by atoms with van der Waals surface area (Å²) in [5, 5.41) is 10.4. The number of hydrogen-bond donors (Lipinski definition) is 1. The molecule has 2 aromatic carbocycles. The van der Waals surface area contributed by atoms with Gasteiger partial charge in [-0.2, -0.15) is 5.26 Å². The van der Waals surface area contributed by atoms with Gasteiger partial charge in [0.1, 0.15) is 0 Å². The van der Waals surface area contributed by atoms with E-state index < -0.39 is 36.6 Å². The molecule has 2 aromatic rings. The van der Waals surface area contributed by atoms with Gasteiger partial charge in [-0.25, -0.2) is 16.8 Å². The zero-order valence-corrected chi connectivity index (χ0v) is 15.8. The van der Waals surface area contributed by atoms with E-state index in [1.165, 1.54) is 24.3 Å². The molecule has 3 rings (SSSR count). The van der Waals surface area contributed by atoms with Crippen LogP contribution in [0, 0.1) is 11.3 Å². The van der Waals surface area contributed by atoms with Crippen molar-refractivity contribution in [1.29, 1.82) is 5.26 Å². The van der Waals surface area contributed by atoms with Crippen LogP contribution in [-0.2, 0) is 19.7 Å². The van der Waals surface area contributed by atoms with Crippen molar-refractivity contribution >= 4 is 31.3 Å². The van der Waals surface area contributed by atoms with Gasteiger partial charge in [-0.15, -0.1) is 0 Å². The number of amides is 1. The van der Waals surface area contributed by atoms with Crippen molar-refractivity contribution in [3.8, 4) is 6.07 Å². The molecular weight excluding hydrogens is 388 g/mol. The second-order valence-electron chi connectivity index (χ2n) is 6.24. The molecule has 1 fully saturated rings. The Labute approximate surface area is 157 Å². The van der Waals surface area contributed by atoms with Crippen molar-refractivity contribution in [2.24, 2.45) is 0 Å². The zero-order valence-electron chi connectivity index (χ0n) is 14.1. The van der Waals surface area contributed by atoms with Crippen LogP contribution in [0.4, 0.5) is 5.69 Å². The highest BCUT2D eigenvalue weighted by Crippen LogP contribution is 2.26. The summed E-state index contributed by atoms with van der Waals surface area (Å²) in [5.41, 5.74) is 1.06. The molecule has 1 N–H and O–H groups in total. The van der Waals surface area contributed by atoms with Crippen molar-refractivity contribution in [3.63, 3.8) is 0 Å². The predicted octanol–water partition coefficient (Wildman–Crippen LogP) is 1.77. The van der Waals surface area contributed by atoms with Crippen LogP contribution >= 0.6 is 0 Å². The Morgan fingerprint density at radius 1 is 1.15 bits per heavy atom. The normalized spacial score (nSPS) is 18.6. The molecule has 0 spiro atoms. The summed E-state index contributed by atoms with van der Waals surface area (Å²) in [4.78, 5) is 12.3. The second kappa shape index (κ2) is 7.13. The molecule has 0 radical (unpaired) electrons. The van der Waals surface area contributed by atoms with Crippen LogP contribution in [0.2, 0.25) is 0 Å². The summed E-state index contributed by atoms with van der Waals surface area (Å²) in [6.45, 7) is 0. The molecular formula is C18H16N2O5S2. The Morgan fingerprint density at radius 3 is 2.44 bits per heavy atom. The Balaban J connectivity index is 1.82. The lowest BCUT2D eigenvalue weighted by molar-refractivity contribution is 0.102. The Hall–Kier alpha value is -2.70. The molecule has 1 aliphatic heterocycles. The van der Waals surface area contributed by atoms with E-state index in [4.69, 9.17) is 5.26 Å². The van der Waals surface area contributed by atoms with Crippen LogP contribution in [0.25, 0.3) is 0 Å². The summed E-state index contributed by atoms with van der Waals surface area (Å²) in [5.74, 6) is -1.04. The fourth-order valence-electron chi connectivity index (χ4n) is 2.84. The number of hydrogen-bond acceptors (Lipinski definition) is 6. The lowest BCUT2D eigenvalue weighted by Gasteiger charge is -2.11. The first-order chi connectivity index (χ1) is 12.7. The largest absolute Gasteiger partial charge is 0.322 e. The predicted molar refractivity (Wildman–Crippen MR) is 99.8 cm³/mol. The van der Waals surface area contributed by atoms with Gasteiger partial charge in [0.2, 0.25) is 0 Å². The minimum atomic E-state index is -3.84. The van der Waals surface area contributed by atoms with Crippen molar-refractivity contribution in [3.05, 3.63) is 59.7 Å². The number of nitrogens with one attached hydrogen (secondary N) is 1. The van der Waals surface area contributed by atoms with E-state index >= 15 is 0 Å². The highest BCUT2D eigenvalue weighted by atomic mass is 32.2. The van der Waals surface area contributed by atoms with Crippen molar-refractivity contribution in [1.82, 2.24) is 0 Å².